The van der Waals surface area contributed by atoms with Gasteiger partial charge >= 0.3 is 0 Å². The molecule has 0 saturated carbocycles. The van der Waals surface area contributed by atoms with E-state index in [2.05, 4.69) is 20.4 Å². The molecule has 1 amide bonds. The Bertz CT molecular complexity index is 887. The average Bonchev–Trinajstić information content (AvgIpc) is 3.31. The molecule has 0 fully saturated rings. The molecule has 142 valence electrons. The van der Waals surface area contributed by atoms with E-state index in [0.717, 1.165) is 12.4 Å². The Kier molecular flexibility index (Phi) is 5.90. The maximum atomic E-state index is 13.0. The van der Waals surface area contributed by atoms with Crippen LogP contribution >= 0.6 is 0 Å². The molecule has 0 saturated heterocycles. The summed E-state index contributed by atoms with van der Waals surface area (Å²) in [5, 5.41) is 12.2. The monoisotopic (exact) mass is 371 g/mol. The van der Waals surface area contributed by atoms with E-state index < -0.39 is 0 Å². The quantitative estimate of drug-likeness (QED) is 0.606. The normalized spacial score (nSPS) is 10.9. The van der Waals surface area contributed by atoms with E-state index in [1.165, 1.54) is 16.9 Å². The topological polar surface area (TPSA) is 81.7 Å². The summed E-state index contributed by atoms with van der Waals surface area (Å²) in [6, 6.07) is 5.92. The van der Waals surface area contributed by atoms with Gasteiger partial charge in [-0.25, -0.2) is 9.37 Å². The van der Waals surface area contributed by atoms with Gasteiger partial charge in [-0.1, -0.05) is 0 Å². The van der Waals surface area contributed by atoms with Crippen LogP contribution in [0.5, 0.6) is 0 Å². The van der Waals surface area contributed by atoms with Crippen LogP contribution in [-0.2, 0) is 24.4 Å². The molecule has 3 aromatic rings. The number of rotatable bonds is 8. The summed E-state index contributed by atoms with van der Waals surface area (Å²) in [6.07, 6.45) is 4.64. The van der Waals surface area contributed by atoms with Crippen LogP contribution in [0.4, 0.5) is 4.39 Å². The number of aromatic nitrogens is 6. The molecule has 8 nitrogen and oxygen atoms in total. The van der Waals surface area contributed by atoms with Gasteiger partial charge < -0.3 is 9.47 Å². The zero-order valence-corrected chi connectivity index (χ0v) is 15.4. The standard InChI is InChI=1S/C18H22FN7O/c1-3-25-12-10-20-16(25)13-24(2)17(27)5-4-11-26-22-18(21-23-26)14-6-8-15(19)9-7-14/h6-10,12H,3-5,11,13H2,1-2H3. The minimum atomic E-state index is -0.310. The summed E-state index contributed by atoms with van der Waals surface area (Å²) in [5.41, 5.74) is 0.699. The van der Waals surface area contributed by atoms with E-state index in [1.54, 1.807) is 30.3 Å². The van der Waals surface area contributed by atoms with Crippen molar-refractivity contribution in [3.8, 4) is 11.4 Å². The van der Waals surface area contributed by atoms with Gasteiger partial charge in [0.25, 0.3) is 0 Å². The van der Waals surface area contributed by atoms with E-state index in [9.17, 15) is 9.18 Å². The third kappa shape index (κ3) is 4.75. The first-order valence-electron chi connectivity index (χ1n) is 8.84. The van der Waals surface area contributed by atoms with Crippen molar-refractivity contribution in [3.05, 3.63) is 48.3 Å². The molecule has 0 unspecified atom stereocenters. The van der Waals surface area contributed by atoms with Crippen molar-refractivity contribution in [1.82, 2.24) is 34.7 Å². The van der Waals surface area contributed by atoms with Crippen LogP contribution in [0.1, 0.15) is 25.6 Å². The van der Waals surface area contributed by atoms with Crippen LogP contribution in [-0.4, -0.2) is 47.6 Å². The van der Waals surface area contributed by atoms with Crippen LogP contribution in [0.25, 0.3) is 11.4 Å². The molecular formula is C18H22FN7O. The number of aryl methyl sites for hydroxylation is 2. The first-order chi connectivity index (χ1) is 13.1. The lowest BCUT2D eigenvalue weighted by atomic mass is 10.2. The summed E-state index contributed by atoms with van der Waals surface area (Å²) in [4.78, 5) is 19.7. The van der Waals surface area contributed by atoms with Crippen molar-refractivity contribution in [2.45, 2.75) is 39.4 Å². The highest BCUT2D eigenvalue weighted by atomic mass is 19.1. The maximum absolute atomic E-state index is 13.0. The first-order valence-corrected chi connectivity index (χ1v) is 8.84. The molecule has 0 spiro atoms. The predicted molar refractivity (Wildman–Crippen MR) is 96.8 cm³/mol. The number of benzene rings is 1. The molecule has 2 heterocycles. The molecule has 0 aliphatic rings. The van der Waals surface area contributed by atoms with Crippen LogP contribution in [0.15, 0.2) is 36.7 Å². The number of hydrogen-bond acceptors (Lipinski definition) is 5. The Labute approximate surface area is 156 Å². The molecular weight excluding hydrogens is 349 g/mol. The molecule has 0 bridgehead atoms. The zero-order chi connectivity index (χ0) is 19.2. The number of tetrazole rings is 1. The average molecular weight is 371 g/mol. The van der Waals surface area contributed by atoms with Crippen LogP contribution in [0.2, 0.25) is 0 Å². The predicted octanol–water partition coefficient (Wildman–Crippen LogP) is 2.13. The summed E-state index contributed by atoms with van der Waals surface area (Å²) in [6.45, 7) is 3.83. The molecule has 0 N–H and O–H groups in total. The molecule has 3 rings (SSSR count). The minimum Gasteiger partial charge on any atom is -0.338 e. The maximum Gasteiger partial charge on any atom is 0.222 e. The number of halogens is 1. The summed E-state index contributed by atoms with van der Waals surface area (Å²) in [5.74, 6) is 1.04. The number of nitrogens with zero attached hydrogens (tertiary/aromatic N) is 7. The number of hydrogen-bond donors (Lipinski definition) is 0. The van der Waals surface area contributed by atoms with Gasteiger partial charge in [0.1, 0.15) is 11.6 Å². The Morgan fingerprint density at radius 1 is 1.26 bits per heavy atom. The summed E-state index contributed by atoms with van der Waals surface area (Å²) >= 11 is 0. The molecule has 2 aromatic heterocycles. The number of carbonyl (C=O) groups is 1. The molecule has 0 radical (unpaired) electrons. The van der Waals surface area contributed by atoms with Gasteiger partial charge in [0.05, 0.1) is 13.1 Å². The van der Waals surface area contributed by atoms with E-state index >= 15 is 0 Å². The molecule has 27 heavy (non-hydrogen) atoms. The van der Waals surface area contributed by atoms with Crippen molar-refractivity contribution in [2.75, 3.05) is 7.05 Å². The fourth-order valence-corrected chi connectivity index (χ4v) is 2.69. The van der Waals surface area contributed by atoms with Crippen LogP contribution in [0.3, 0.4) is 0 Å². The summed E-state index contributed by atoms with van der Waals surface area (Å²) in [7, 11) is 1.78. The van der Waals surface area contributed by atoms with Crippen molar-refractivity contribution in [2.24, 2.45) is 0 Å². The van der Waals surface area contributed by atoms with Gasteiger partial charge in [-0.2, -0.15) is 4.80 Å². The number of carbonyl (C=O) groups excluding carboxylic acids is 1. The number of imidazole rings is 1. The molecule has 0 aliphatic carbocycles. The van der Waals surface area contributed by atoms with Crippen molar-refractivity contribution >= 4 is 5.91 Å². The van der Waals surface area contributed by atoms with E-state index in [1.807, 2.05) is 17.7 Å². The fraction of sp³-hybridized carbons (Fsp3) is 0.389. The van der Waals surface area contributed by atoms with Gasteiger partial charge in [-0.15, -0.1) is 10.2 Å². The lowest BCUT2D eigenvalue weighted by molar-refractivity contribution is -0.130. The smallest absolute Gasteiger partial charge is 0.222 e. The Morgan fingerprint density at radius 2 is 2.04 bits per heavy atom. The second kappa shape index (κ2) is 8.52. The zero-order valence-electron chi connectivity index (χ0n) is 15.4. The summed E-state index contributed by atoms with van der Waals surface area (Å²) < 4.78 is 15.0. The number of amides is 1. The molecule has 0 atom stereocenters. The lowest BCUT2D eigenvalue weighted by Gasteiger charge is -2.17. The van der Waals surface area contributed by atoms with Crippen molar-refractivity contribution < 1.29 is 9.18 Å². The third-order valence-corrected chi connectivity index (χ3v) is 4.25. The second-order valence-corrected chi connectivity index (χ2v) is 6.20. The van der Waals surface area contributed by atoms with Crippen LogP contribution in [0, 0.1) is 5.82 Å². The van der Waals surface area contributed by atoms with E-state index in [4.69, 9.17) is 0 Å². The van der Waals surface area contributed by atoms with Crippen molar-refractivity contribution in [1.29, 1.82) is 0 Å². The third-order valence-electron chi connectivity index (χ3n) is 4.25. The molecule has 1 aromatic carbocycles. The van der Waals surface area contributed by atoms with Gasteiger partial charge in [-0.3, -0.25) is 4.79 Å². The largest absolute Gasteiger partial charge is 0.338 e. The van der Waals surface area contributed by atoms with E-state index in [-0.39, 0.29) is 11.7 Å². The highest BCUT2D eigenvalue weighted by Crippen LogP contribution is 2.14. The molecule has 9 heteroatoms. The second-order valence-electron chi connectivity index (χ2n) is 6.20. The highest BCUT2D eigenvalue weighted by molar-refractivity contribution is 5.75. The Hall–Kier alpha value is -3.10. The Morgan fingerprint density at radius 3 is 2.78 bits per heavy atom. The van der Waals surface area contributed by atoms with E-state index in [0.29, 0.717) is 37.3 Å². The fourth-order valence-electron chi connectivity index (χ4n) is 2.69. The Balaban J connectivity index is 1.48. The lowest BCUT2D eigenvalue weighted by Crippen LogP contribution is -2.27. The minimum absolute atomic E-state index is 0.0412. The van der Waals surface area contributed by atoms with Crippen LogP contribution < -0.4 is 0 Å². The van der Waals surface area contributed by atoms with Gasteiger partial charge in [-0.05, 0) is 42.8 Å². The molecule has 0 aliphatic heterocycles. The first kappa shape index (κ1) is 18.7. The van der Waals surface area contributed by atoms with Gasteiger partial charge in [0, 0.05) is 38.0 Å². The highest BCUT2D eigenvalue weighted by Gasteiger charge is 2.13. The van der Waals surface area contributed by atoms with Gasteiger partial charge in [0.15, 0.2) is 0 Å². The SMILES string of the molecule is CCn1ccnc1CN(C)C(=O)CCCn1nnc(-c2ccc(F)cc2)n1. The van der Waals surface area contributed by atoms with Gasteiger partial charge in [0.2, 0.25) is 11.7 Å². The van der Waals surface area contributed by atoms with Crippen molar-refractivity contribution in [3.63, 3.8) is 0 Å².